The second-order valence-electron chi connectivity index (χ2n) is 2.64. The normalized spacial score (nSPS) is 10.8. The van der Waals surface area contributed by atoms with E-state index in [0.29, 0.717) is 0 Å². The summed E-state index contributed by atoms with van der Waals surface area (Å²) in [7, 11) is 1.66. The third-order valence-electron chi connectivity index (χ3n) is 1.82. The average molecular weight is 290 g/mol. The Hall–Kier alpha value is -0.260. The average Bonchev–Trinajstić information content (AvgIpc) is 2.58. The number of methoxy groups -OCH3 is 1. The molecule has 0 unspecified atom stereocenters. The summed E-state index contributed by atoms with van der Waals surface area (Å²) in [5.74, 6) is 0.829. The lowest BCUT2D eigenvalue weighted by molar-refractivity contribution is 0.413. The quantitative estimate of drug-likeness (QED) is 0.786. The molecule has 0 saturated carbocycles. The van der Waals surface area contributed by atoms with Crippen LogP contribution in [0.5, 0.6) is 5.75 Å². The van der Waals surface area contributed by atoms with E-state index >= 15 is 0 Å². The topological polar surface area (TPSA) is 22.1 Å². The van der Waals surface area contributed by atoms with E-state index in [0.717, 1.165) is 20.1 Å². The molecule has 1 heterocycles. The summed E-state index contributed by atoms with van der Waals surface area (Å²) < 4.78 is 8.45. The van der Waals surface area contributed by atoms with Crippen molar-refractivity contribution in [1.29, 1.82) is 0 Å². The number of hydrogen-bond donors (Lipinski definition) is 0. The summed E-state index contributed by atoms with van der Waals surface area (Å²) in [6.45, 7) is 0. The Morgan fingerprint density at radius 3 is 2.93 bits per heavy atom. The number of rotatable bonds is 2. The summed E-state index contributed by atoms with van der Waals surface area (Å²) >= 11 is 6.82. The molecule has 1 aromatic carbocycles. The number of thiazole rings is 1. The van der Waals surface area contributed by atoms with Gasteiger partial charge in [0, 0.05) is 6.07 Å². The van der Waals surface area contributed by atoms with Gasteiger partial charge in [0.1, 0.15) is 5.75 Å². The number of hydrogen-bond acceptors (Lipinski definition) is 4. The molecule has 5 heteroatoms. The van der Waals surface area contributed by atoms with E-state index in [1.165, 1.54) is 4.70 Å². The highest BCUT2D eigenvalue weighted by molar-refractivity contribution is 9.10. The predicted molar refractivity (Wildman–Crippen MR) is 65.7 cm³/mol. The molecule has 0 aliphatic carbocycles. The van der Waals surface area contributed by atoms with Gasteiger partial charge in [-0.15, -0.1) is 11.3 Å². The molecule has 0 bridgehead atoms. The lowest BCUT2D eigenvalue weighted by Crippen LogP contribution is -1.83. The van der Waals surface area contributed by atoms with Crippen LogP contribution in [0.1, 0.15) is 0 Å². The molecule has 2 aromatic rings. The van der Waals surface area contributed by atoms with Crippen LogP contribution in [0.15, 0.2) is 20.9 Å². The third kappa shape index (κ3) is 1.76. The van der Waals surface area contributed by atoms with E-state index in [9.17, 15) is 0 Å². The maximum absolute atomic E-state index is 5.21. The van der Waals surface area contributed by atoms with Crippen molar-refractivity contribution in [3.8, 4) is 5.75 Å². The summed E-state index contributed by atoms with van der Waals surface area (Å²) in [5, 5.41) is 0. The Balaban J connectivity index is 2.64. The van der Waals surface area contributed by atoms with E-state index in [4.69, 9.17) is 4.74 Å². The van der Waals surface area contributed by atoms with Crippen LogP contribution < -0.4 is 4.74 Å². The Bertz CT molecular complexity index is 469. The van der Waals surface area contributed by atoms with Crippen molar-refractivity contribution in [3.05, 3.63) is 16.6 Å². The molecule has 0 atom stereocenters. The Morgan fingerprint density at radius 2 is 2.29 bits per heavy atom. The number of halogens is 1. The molecule has 0 aliphatic heterocycles. The number of ether oxygens (including phenoxy) is 1. The van der Waals surface area contributed by atoms with Gasteiger partial charge in [0.2, 0.25) is 0 Å². The lowest BCUT2D eigenvalue weighted by atomic mass is 10.3. The van der Waals surface area contributed by atoms with Crippen LogP contribution in [-0.4, -0.2) is 18.3 Å². The molecule has 1 aromatic heterocycles. The Labute approximate surface area is 98.8 Å². The van der Waals surface area contributed by atoms with Crippen molar-refractivity contribution in [3.63, 3.8) is 0 Å². The van der Waals surface area contributed by atoms with Crippen molar-refractivity contribution < 1.29 is 4.74 Å². The highest BCUT2D eigenvalue weighted by atomic mass is 79.9. The molecular formula is C9H8BrNOS2. The number of aromatic nitrogens is 1. The highest BCUT2D eigenvalue weighted by Crippen LogP contribution is 2.35. The van der Waals surface area contributed by atoms with E-state index in [-0.39, 0.29) is 0 Å². The first-order valence-electron chi connectivity index (χ1n) is 3.92. The van der Waals surface area contributed by atoms with Crippen LogP contribution in [0, 0.1) is 0 Å². The molecule has 0 amide bonds. The molecule has 2 rings (SSSR count). The van der Waals surface area contributed by atoms with Gasteiger partial charge in [0.05, 0.1) is 21.8 Å². The lowest BCUT2D eigenvalue weighted by Gasteiger charge is -2.01. The molecular weight excluding hydrogens is 282 g/mol. The van der Waals surface area contributed by atoms with Crippen LogP contribution in [0.3, 0.4) is 0 Å². The van der Waals surface area contributed by atoms with Crippen molar-refractivity contribution >= 4 is 49.2 Å². The van der Waals surface area contributed by atoms with Crippen LogP contribution in [-0.2, 0) is 0 Å². The summed E-state index contributed by atoms with van der Waals surface area (Å²) in [6, 6.07) is 4.00. The van der Waals surface area contributed by atoms with E-state index < -0.39 is 0 Å². The number of benzene rings is 1. The molecule has 0 aliphatic rings. The van der Waals surface area contributed by atoms with E-state index in [1.54, 1.807) is 30.2 Å². The van der Waals surface area contributed by atoms with Crippen molar-refractivity contribution in [1.82, 2.24) is 4.98 Å². The Morgan fingerprint density at radius 1 is 1.50 bits per heavy atom. The van der Waals surface area contributed by atoms with Gasteiger partial charge in [-0.25, -0.2) is 4.98 Å². The summed E-state index contributed by atoms with van der Waals surface area (Å²) in [5.41, 5.74) is 0.999. The van der Waals surface area contributed by atoms with E-state index in [1.807, 2.05) is 18.4 Å². The molecule has 0 spiro atoms. The number of nitrogens with zero attached hydrogens (tertiary/aromatic N) is 1. The van der Waals surface area contributed by atoms with Gasteiger partial charge >= 0.3 is 0 Å². The molecule has 14 heavy (non-hydrogen) atoms. The first-order valence-corrected chi connectivity index (χ1v) is 6.76. The van der Waals surface area contributed by atoms with Gasteiger partial charge in [-0.3, -0.25) is 0 Å². The SMILES string of the molecule is COc1cc2nc(SC)sc2cc1Br. The zero-order chi connectivity index (χ0) is 10.1. The molecule has 0 radical (unpaired) electrons. The summed E-state index contributed by atoms with van der Waals surface area (Å²) in [6.07, 6.45) is 2.03. The number of thioether (sulfide) groups is 1. The minimum absolute atomic E-state index is 0.829. The van der Waals surface area contributed by atoms with E-state index in [2.05, 4.69) is 20.9 Å². The fourth-order valence-corrected chi connectivity index (χ4v) is 3.32. The fraction of sp³-hybridized carbons (Fsp3) is 0.222. The monoisotopic (exact) mass is 289 g/mol. The minimum atomic E-state index is 0.829. The van der Waals surface area contributed by atoms with Crippen LogP contribution in [0.25, 0.3) is 10.2 Å². The highest BCUT2D eigenvalue weighted by Gasteiger charge is 2.07. The maximum Gasteiger partial charge on any atom is 0.150 e. The van der Waals surface area contributed by atoms with Crippen molar-refractivity contribution in [2.24, 2.45) is 0 Å². The van der Waals surface area contributed by atoms with Gasteiger partial charge in [-0.1, -0.05) is 11.8 Å². The Kier molecular flexibility index (Phi) is 2.99. The molecule has 0 saturated heterocycles. The smallest absolute Gasteiger partial charge is 0.150 e. The van der Waals surface area contributed by atoms with Crippen molar-refractivity contribution in [2.75, 3.05) is 13.4 Å². The first-order chi connectivity index (χ1) is 6.74. The maximum atomic E-state index is 5.21. The second-order valence-corrected chi connectivity index (χ2v) is 5.58. The third-order valence-corrected chi connectivity index (χ3v) is 4.44. The van der Waals surface area contributed by atoms with Gasteiger partial charge in [-0.05, 0) is 28.3 Å². The molecule has 74 valence electrons. The summed E-state index contributed by atoms with van der Waals surface area (Å²) in [4.78, 5) is 4.46. The molecule has 0 N–H and O–H groups in total. The largest absolute Gasteiger partial charge is 0.495 e. The predicted octanol–water partition coefficient (Wildman–Crippen LogP) is 3.79. The minimum Gasteiger partial charge on any atom is -0.495 e. The zero-order valence-corrected chi connectivity index (χ0v) is 10.9. The van der Waals surface area contributed by atoms with Gasteiger partial charge in [-0.2, -0.15) is 0 Å². The van der Waals surface area contributed by atoms with Gasteiger partial charge in [0.25, 0.3) is 0 Å². The fourth-order valence-electron chi connectivity index (χ4n) is 1.15. The zero-order valence-electron chi connectivity index (χ0n) is 7.70. The van der Waals surface area contributed by atoms with Crippen LogP contribution in [0.4, 0.5) is 0 Å². The first kappa shape index (κ1) is 10.3. The van der Waals surface area contributed by atoms with Crippen LogP contribution in [0.2, 0.25) is 0 Å². The van der Waals surface area contributed by atoms with Gasteiger partial charge in [0.15, 0.2) is 4.34 Å². The van der Waals surface area contributed by atoms with Gasteiger partial charge < -0.3 is 4.74 Å². The number of fused-ring (bicyclic) bond motifs is 1. The molecule has 0 fully saturated rings. The second kappa shape index (κ2) is 4.08. The standard InChI is InChI=1S/C9H8BrNOS2/c1-12-7-4-6-8(3-5(7)10)14-9(11-6)13-2/h3-4H,1-2H3. The molecule has 2 nitrogen and oxygen atoms in total. The van der Waals surface area contributed by atoms with Crippen LogP contribution >= 0.6 is 39.0 Å². The van der Waals surface area contributed by atoms with Crippen molar-refractivity contribution in [2.45, 2.75) is 4.34 Å².